The molecule has 0 saturated heterocycles. The van der Waals surface area contributed by atoms with Gasteiger partial charge in [-0.25, -0.2) is 4.79 Å². The van der Waals surface area contributed by atoms with Crippen molar-refractivity contribution in [2.24, 2.45) is 0 Å². The number of imide groups is 1. The number of fused-ring (bicyclic) bond motifs is 1. The third-order valence-corrected chi connectivity index (χ3v) is 4.67. The molecule has 0 aromatic heterocycles. The maximum atomic E-state index is 12.4. The van der Waals surface area contributed by atoms with Gasteiger partial charge in [0.15, 0.2) is 0 Å². The Hall–Kier alpha value is -4.21. The number of amides is 5. The second kappa shape index (κ2) is 10.2. The normalized spacial score (nSPS) is 12.7. The first-order valence-corrected chi connectivity index (χ1v) is 10.6. The summed E-state index contributed by atoms with van der Waals surface area (Å²) in [4.78, 5) is 61.8. The topological polar surface area (TPSA) is 134 Å². The van der Waals surface area contributed by atoms with Gasteiger partial charge in [-0.3, -0.25) is 24.1 Å². The van der Waals surface area contributed by atoms with E-state index in [1.807, 2.05) is 0 Å². The summed E-state index contributed by atoms with van der Waals surface area (Å²) in [6, 6.07) is 13.2. The van der Waals surface area contributed by atoms with E-state index in [9.17, 15) is 24.0 Å². The summed E-state index contributed by atoms with van der Waals surface area (Å²) in [5.74, 6) is -1.94. The Kier molecular flexibility index (Phi) is 7.30. The summed E-state index contributed by atoms with van der Waals surface area (Å²) in [5.41, 5.74) is 1.06. The SMILES string of the molecule is CC(C)(C)OC(=O)NCC(=O)Nc1cccc(CNC(=O)CN2C(=O)c3ccccc3C2=O)c1. The first-order valence-electron chi connectivity index (χ1n) is 10.6. The van der Waals surface area contributed by atoms with Gasteiger partial charge in [0.2, 0.25) is 11.8 Å². The molecule has 0 saturated carbocycles. The lowest BCUT2D eigenvalue weighted by molar-refractivity contribution is -0.121. The molecule has 10 heteroatoms. The van der Waals surface area contributed by atoms with Crippen molar-refractivity contribution in [3.8, 4) is 0 Å². The number of nitrogens with one attached hydrogen (secondary N) is 3. The molecule has 2 aromatic carbocycles. The number of hydrogen-bond donors (Lipinski definition) is 3. The molecule has 1 heterocycles. The van der Waals surface area contributed by atoms with Crippen LogP contribution in [-0.2, 0) is 20.9 Å². The third-order valence-electron chi connectivity index (χ3n) is 4.67. The summed E-state index contributed by atoms with van der Waals surface area (Å²) in [6.07, 6.45) is -0.697. The fourth-order valence-corrected chi connectivity index (χ4v) is 3.21. The molecule has 10 nitrogen and oxygen atoms in total. The minimum atomic E-state index is -0.697. The van der Waals surface area contributed by atoms with E-state index in [1.165, 1.54) is 0 Å². The zero-order valence-electron chi connectivity index (χ0n) is 19.1. The molecule has 1 aliphatic heterocycles. The summed E-state index contributed by atoms with van der Waals surface area (Å²) in [5, 5.41) is 7.69. The van der Waals surface area contributed by atoms with Gasteiger partial charge in [-0.05, 0) is 50.6 Å². The number of benzene rings is 2. The molecule has 5 amide bonds. The Labute approximate surface area is 196 Å². The smallest absolute Gasteiger partial charge is 0.408 e. The molecule has 0 fully saturated rings. The standard InChI is InChI=1S/C24H26N4O6/c1-24(2,3)34-23(33)26-13-19(29)27-16-8-6-7-15(11-16)12-25-20(30)14-28-21(31)17-9-4-5-10-18(17)22(28)32/h4-11H,12-14H2,1-3H3,(H,25,30)(H,26,33)(H,27,29). The minimum absolute atomic E-state index is 0.127. The third kappa shape index (κ3) is 6.41. The van der Waals surface area contributed by atoms with E-state index in [2.05, 4.69) is 16.0 Å². The van der Waals surface area contributed by atoms with Crippen LogP contribution in [0.25, 0.3) is 0 Å². The van der Waals surface area contributed by atoms with Gasteiger partial charge >= 0.3 is 6.09 Å². The van der Waals surface area contributed by atoms with E-state index in [0.29, 0.717) is 11.3 Å². The van der Waals surface area contributed by atoms with Crippen molar-refractivity contribution in [3.05, 3.63) is 65.2 Å². The molecule has 0 bridgehead atoms. The Morgan fingerprint density at radius 1 is 0.882 bits per heavy atom. The van der Waals surface area contributed by atoms with Crippen molar-refractivity contribution >= 4 is 35.4 Å². The zero-order chi connectivity index (χ0) is 24.9. The highest BCUT2D eigenvalue weighted by Crippen LogP contribution is 2.22. The van der Waals surface area contributed by atoms with E-state index in [-0.39, 0.29) is 30.8 Å². The van der Waals surface area contributed by atoms with E-state index >= 15 is 0 Å². The number of carbonyl (C=O) groups excluding carboxylic acids is 5. The monoisotopic (exact) mass is 466 g/mol. The largest absolute Gasteiger partial charge is 0.444 e. The molecule has 0 unspecified atom stereocenters. The van der Waals surface area contributed by atoms with Gasteiger partial charge in [0.05, 0.1) is 11.1 Å². The van der Waals surface area contributed by atoms with Gasteiger partial charge in [0.1, 0.15) is 18.7 Å². The van der Waals surface area contributed by atoms with Crippen molar-refractivity contribution in [1.29, 1.82) is 0 Å². The number of anilines is 1. The van der Waals surface area contributed by atoms with Gasteiger partial charge in [-0.15, -0.1) is 0 Å². The lowest BCUT2D eigenvalue weighted by Crippen LogP contribution is -2.40. The van der Waals surface area contributed by atoms with Crippen LogP contribution in [-0.4, -0.2) is 53.3 Å². The molecular formula is C24H26N4O6. The highest BCUT2D eigenvalue weighted by molar-refractivity contribution is 6.22. The van der Waals surface area contributed by atoms with Crippen molar-refractivity contribution in [2.75, 3.05) is 18.4 Å². The number of hydrogen-bond acceptors (Lipinski definition) is 6. The molecule has 3 rings (SSSR count). The zero-order valence-corrected chi connectivity index (χ0v) is 19.1. The molecule has 0 aliphatic carbocycles. The molecule has 0 radical (unpaired) electrons. The molecule has 2 aromatic rings. The van der Waals surface area contributed by atoms with Crippen LogP contribution in [0, 0.1) is 0 Å². The summed E-state index contributed by atoms with van der Waals surface area (Å²) in [7, 11) is 0. The second-order valence-electron chi connectivity index (χ2n) is 8.62. The number of rotatable bonds is 7. The maximum Gasteiger partial charge on any atom is 0.408 e. The molecule has 3 N–H and O–H groups in total. The Bertz CT molecular complexity index is 1100. The summed E-state index contributed by atoms with van der Waals surface area (Å²) in [6.45, 7) is 4.63. The Morgan fingerprint density at radius 2 is 1.53 bits per heavy atom. The maximum absolute atomic E-state index is 12.4. The minimum Gasteiger partial charge on any atom is -0.444 e. The summed E-state index contributed by atoms with van der Waals surface area (Å²) >= 11 is 0. The van der Waals surface area contributed by atoms with Gasteiger partial charge in [0.25, 0.3) is 11.8 Å². The number of ether oxygens (including phenoxy) is 1. The highest BCUT2D eigenvalue weighted by atomic mass is 16.6. The highest BCUT2D eigenvalue weighted by Gasteiger charge is 2.36. The lowest BCUT2D eigenvalue weighted by atomic mass is 10.1. The van der Waals surface area contributed by atoms with E-state index in [0.717, 1.165) is 4.90 Å². The van der Waals surface area contributed by atoms with Gasteiger partial charge < -0.3 is 20.7 Å². The fraction of sp³-hybridized carbons (Fsp3) is 0.292. The number of carbonyl (C=O) groups is 5. The Morgan fingerprint density at radius 3 is 2.15 bits per heavy atom. The predicted octanol–water partition coefficient (Wildman–Crippen LogP) is 2.06. The Balaban J connectivity index is 1.48. The van der Waals surface area contributed by atoms with Crippen molar-refractivity contribution in [2.45, 2.75) is 32.9 Å². The fourth-order valence-electron chi connectivity index (χ4n) is 3.21. The van der Waals surface area contributed by atoms with Gasteiger partial charge in [-0.1, -0.05) is 24.3 Å². The quantitative estimate of drug-likeness (QED) is 0.535. The first kappa shape index (κ1) is 24.4. The van der Waals surface area contributed by atoms with Gasteiger partial charge in [0, 0.05) is 12.2 Å². The van der Waals surface area contributed by atoms with Crippen molar-refractivity contribution in [3.63, 3.8) is 0 Å². The average Bonchev–Trinajstić information content (AvgIpc) is 3.00. The molecule has 34 heavy (non-hydrogen) atoms. The molecule has 0 spiro atoms. The lowest BCUT2D eigenvalue weighted by Gasteiger charge is -2.19. The van der Waals surface area contributed by atoms with Crippen molar-refractivity contribution < 1.29 is 28.7 Å². The molecular weight excluding hydrogens is 440 g/mol. The van der Waals surface area contributed by atoms with Crippen molar-refractivity contribution in [1.82, 2.24) is 15.5 Å². The van der Waals surface area contributed by atoms with Crippen LogP contribution in [0.15, 0.2) is 48.5 Å². The van der Waals surface area contributed by atoms with Crippen LogP contribution in [0.1, 0.15) is 47.1 Å². The predicted molar refractivity (Wildman–Crippen MR) is 123 cm³/mol. The molecule has 178 valence electrons. The first-order chi connectivity index (χ1) is 16.0. The van der Waals surface area contributed by atoms with Gasteiger partial charge in [-0.2, -0.15) is 0 Å². The van der Waals surface area contributed by atoms with Crippen LogP contribution >= 0.6 is 0 Å². The molecule has 1 aliphatic rings. The van der Waals surface area contributed by atoms with Crippen LogP contribution in [0.5, 0.6) is 0 Å². The average molecular weight is 466 g/mol. The van der Waals surface area contributed by atoms with Crippen LogP contribution < -0.4 is 16.0 Å². The van der Waals surface area contributed by atoms with Crippen LogP contribution in [0.4, 0.5) is 10.5 Å². The number of nitrogens with zero attached hydrogens (tertiary/aromatic N) is 1. The van der Waals surface area contributed by atoms with E-state index < -0.39 is 35.3 Å². The van der Waals surface area contributed by atoms with E-state index in [4.69, 9.17) is 4.74 Å². The van der Waals surface area contributed by atoms with Crippen LogP contribution in [0.3, 0.4) is 0 Å². The number of alkyl carbamates (subject to hydrolysis) is 1. The molecule has 0 atom stereocenters. The second-order valence-corrected chi connectivity index (χ2v) is 8.62. The summed E-state index contributed by atoms with van der Waals surface area (Å²) < 4.78 is 5.08. The van der Waals surface area contributed by atoms with E-state index in [1.54, 1.807) is 69.3 Å². The van der Waals surface area contributed by atoms with Crippen LogP contribution in [0.2, 0.25) is 0 Å².